The number of benzene rings is 3. The van der Waals surface area contributed by atoms with E-state index in [9.17, 15) is 4.79 Å². The zero-order valence-corrected chi connectivity index (χ0v) is 11.2. The summed E-state index contributed by atoms with van der Waals surface area (Å²) in [5.41, 5.74) is 1.61. The first-order valence-corrected chi connectivity index (χ1v) is 6.49. The van der Waals surface area contributed by atoms with Crippen molar-refractivity contribution in [2.75, 3.05) is 0 Å². The van der Waals surface area contributed by atoms with E-state index in [-0.39, 0.29) is 0 Å². The number of aldehydes is 1. The van der Waals surface area contributed by atoms with E-state index in [4.69, 9.17) is 4.74 Å². The fraction of sp³-hybridized carbons (Fsp3) is 0.0556. The zero-order valence-electron chi connectivity index (χ0n) is 11.2. The third-order valence-corrected chi connectivity index (χ3v) is 3.28. The molecule has 0 heterocycles. The van der Waals surface area contributed by atoms with Gasteiger partial charge in [0.1, 0.15) is 17.8 Å². The molecule has 3 aromatic rings. The SMILES string of the molecule is Cc1cc(C=O)ccc1Oc1ccc2ccccc2c1. The molecule has 0 saturated heterocycles. The molecule has 0 aromatic heterocycles. The Bertz CT molecular complexity index is 775. The van der Waals surface area contributed by atoms with Gasteiger partial charge in [0.2, 0.25) is 0 Å². The number of carbonyl (C=O) groups is 1. The minimum atomic E-state index is 0.661. The second-order valence-corrected chi connectivity index (χ2v) is 4.75. The minimum Gasteiger partial charge on any atom is -0.457 e. The molecule has 0 atom stereocenters. The molecular weight excluding hydrogens is 248 g/mol. The lowest BCUT2D eigenvalue weighted by Gasteiger charge is -2.10. The molecule has 0 spiro atoms. The molecule has 0 unspecified atom stereocenters. The molecule has 3 aromatic carbocycles. The molecule has 2 heteroatoms. The van der Waals surface area contributed by atoms with Crippen molar-refractivity contribution in [3.63, 3.8) is 0 Å². The van der Waals surface area contributed by atoms with Crippen molar-refractivity contribution >= 4 is 17.1 Å². The minimum absolute atomic E-state index is 0.661. The van der Waals surface area contributed by atoms with E-state index >= 15 is 0 Å². The van der Waals surface area contributed by atoms with Gasteiger partial charge in [-0.15, -0.1) is 0 Å². The molecule has 0 amide bonds. The van der Waals surface area contributed by atoms with Gasteiger partial charge in [0.15, 0.2) is 0 Å². The van der Waals surface area contributed by atoms with Crippen LogP contribution >= 0.6 is 0 Å². The van der Waals surface area contributed by atoms with Gasteiger partial charge in [0, 0.05) is 5.56 Å². The van der Waals surface area contributed by atoms with Gasteiger partial charge in [-0.25, -0.2) is 0 Å². The Morgan fingerprint density at radius 3 is 2.45 bits per heavy atom. The van der Waals surface area contributed by atoms with Crippen LogP contribution in [-0.4, -0.2) is 6.29 Å². The molecular formula is C18H14O2. The number of fused-ring (bicyclic) bond motifs is 1. The largest absolute Gasteiger partial charge is 0.457 e. The van der Waals surface area contributed by atoms with Gasteiger partial charge < -0.3 is 4.74 Å². The Morgan fingerprint density at radius 1 is 0.900 bits per heavy atom. The smallest absolute Gasteiger partial charge is 0.150 e. The second kappa shape index (κ2) is 5.17. The van der Waals surface area contributed by atoms with E-state index in [2.05, 4.69) is 12.1 Å². The molecule has 0 aliphatic carbocycles. The lowest BCUT2D eigenvalue weighted by atomic mass is 10.1. The third kappa shape index (κ3) is 2.41. The van der Waals surface area contributed by atoms with Crippen molar-refractivity contribution in [2.45, 2.75) is 6.92 Å². The molecule has 20 heavy (non-hydrogen) atoms. The molecule has 0 saturated carbocycles. The van der Waals surface area contributed by atoms with Crippen LogP contribution in [0.15, 0.2) is 60.7 Å². The molecule has 0 aliphatic rings. The summed E-state index contributed by atoms with van der Waals surface area (Å²) < 4.78 is 5.90. The van der Waals surface area contributed by atoms with Crippen LogP contribution < -0.4 is 4.74 Å². The number of ether oxygens (including phenoxy) is 1. The van der Waals surface area contributed by atoms with Gasteiger partial charge in [0.25, 0.3) is 0 Å². The second-order valence-electron chi connectivity index (χ2n) is 4.75. The Balaban J connectivity index is 1.94. The average molecular weight is 262 g/mol. The van der Waals surface area contributed by atoms with E-state index in [1.54, 1.807) is 6.07 Å². The van der Waals surface area contributed by atoms with Gasteiger partial charge in [0.05, 0.1) is 0 Å². The summed E-state index contributed by atoms with van der Waals surface area (Å²) in [7, 11) is 0. The maximum atomic E-state index is 10.7. The number of aryl methyl sites for hydroxylation is 1. The maximum Gasteiger partial charge on any atom is 0.150 e. The summed E-state index contributed by atoms with van der Waals surface area (Å²) in [6, 6.07) is 19.6. The quantitative estimate of drug-likeness (QED) is 0.636. The van der Waals surface area contributed by atoms with E-state index in [0.29, 0.717) is 5.56 Å². The van der Waals surface area contributed by atoms with E-state index in [1.807, 2.05) is 49.4 Å². The molecule has 98 valence electrons. The summed E-state index contributed by atoms with van der Waals surface area (Å²) in [6.07, 6.45) is 0.840. The summed E-state index contributed by atoms with van der Waals surface area (Å²) in [5.74, 6) is 1.57. The fourth-order valence-corrected chi connectivity index (χ4v) is 2.22. The van der Waals surface area contributed by atoms with Crippen LogP contribution in [0.2, 0.25) is 0 Å². The lowest BCUT2D eigenvalue weighted by molar-refractivity contribution is 0.112. The van der Waals surface area contributed by atoms with Crippen molar-refractivity contribution < 1.29 is 9.53 Å². The van der Waals surface area contributed by atoms with Gasteiger partial charge >= 0.3 is 0 Å². The number of carbonyl (C=O) groups excluding carboxylic acids is 1. The fourth-order valence-electron chi connectivity index (χ4n) is 2.22. The molecule has 0 N–H and O–H groups in total. The van der Waals surface area contributed by atoms with Crippen LogP contribution in [-0.2, 0) is 0 Å². The highest BCUT2D eigenvalue weighted by molar-refractivity contribution is 5.83. The summed E-state index contributed by atoms with van der Waals surface area (Å²) >= 11 is 0. The Hall–Kier alpha value is -2.61. The monoisotopic (exact) mass is 262 g/mol. The van der Waals surface area contributed by atoms with Crippen molar-refractivity contribution in [1.29, 1.82) is 0 Å². The lowest BCUT2D eigenvalue weighted by Crippen LogP contribution is -1.89. The highest BCUT2D eigenvalue weighted by atomic mass is 16.5. The summed E-state index contributed by atoms with van der Waals surface area (Å²) in [4.78, 5) is 10.7. The van der Waals surface area contributed by atoms with Crippen LogP contribution in [0.3, 0.4) is 0 Å². The highest BCUT2D eigenvalue weighted by Gasteiger charge is 2.03. The van der Waals surface area contributed by atoms with Crippen LogP contribution in [0.25, 0.3) is 10.8 Å². The van der Waals surface area contributed by atoms with E-state index in [0.717, 1.165) is 28.7 Å². The summed E-state index contributed by atoms with van der Waals surface area (Å²) in [5, 5.41) is 2.33. The molecule has 0 aliphatic heterocycles. The van der Waals surface area contributed by atoms with Gasteiger partial charge in [-0.2, -0.15) is 0 Å². The normalized spacial score (nSPS) is 10.4. The Labute approximate surface area is 117 Å². The van der Waals surface area contributed by atoms with Crippen LogP contribution in [0.5, 0.6) is 11.5 Å². The standard InChI is InChI=1S/C18H14O2/c1-13-10-14(12-19)6-9-18(13)20-17-8-7-15-4-2-3-5-16(15)11-17/h2-12H,1H3. The van der Waals surface area contributed by atoms with Crippen molar-refractivity contribution in [3.8, 4) is 11.5 Å². The van der Waals surface area contributed by atoms with Crippen molar-refractivity contribution in [2.24, 2.45) is 0 Å². The third-order valence-electron chi connectivity index (χ3n) is 3.28. The first kappa shape index (κ1) is 12.4. The van der Waals surface area contributed by atoms with E-state index < -0.39 is 0 Å². The maximum absolute atomic E-state index is 10.7. The number of hydrogen-bond donors (Lipinski definition) is 0. The molecule has 0 bridgehead atoms. The number of hydrogen-bond acceptors (Lipinski definition) is 2. The van der Waals surface area contributed by atoms with Gasteiger partial charge in [-0.3, -0.25) is 4.79 Å². The highest BCUT2D eigenvalue weighted by Crippen LogP contribution is 2.28. The first-order valence-electron chi connectivity index (χ1n) is 6.49. The average Bonchev–Trinajstić information content (AvgIpc) is 2.49. The zero-order chi connectivity index (χ0) is 13.9. The molecule has 3 rings (SSSR count). The van der Waals surface area contributed by atoms with Crippen molar-refractivity contribution in [3.05, 3.63) is 71.8 Å². The van der Waals surface area contributed by atoms with Crippen molar-refractivity contribution in [1.82, 2.24) is 0 Å². The van der Waals surface area contributed by atoms with E-state index in [1.165, 1.54) is 5.39 Å². The molecule has 0 fully saturated rings. The van der Waals surface area contributed by atoms with Crippen LogP contribution in [0, 0.1) is 6.92 Å². The Kier molecular flexibility index (Phi) is 3.21. The van der Waals surface area contributed by atoms with Crippen LogP contribution in [0.4, 0.5) is 0 Å². The summed E-state index contributed by atoms with van der Waals surface area (Å²) in [6.45, 7) is 1.93. The molecule has 2 nitrogen and oxygen atoms in total. The number of rotatable bonds is 3. The van der Waals surface area contributed by atoms with Gasteiger partial charge in [-0.1, -0.05) is 30.3 Å². The first-order chi connectivity index (χ1) is 9.76. The topological polar surface area (TPSA) is 26.3 Å². The predicted octanol–water partition coefficient (Wildman–Crippen LogP) is 4.75. The van der Waals surface area contributed by atoms with Gasteiger partial charge in [-0.05, 0) is 53.6 Å². The van der Waals surface area contributed by atoms with Crippen LogP contribution in [0.1, 0.15) is 15.9 Å². The molecule has 0 radical (unpaired) electrons. The predicted molar refractivity (Wildman–Crippen MR) is 80.6 cm³/mol. The Morgan fingerprint density at radius 2 is 1.70 bits per heavy atom.